The van der Waals surface area contributed by atoms with Gasteiger partial charge in [-0.1, -0.05) is 12.1 Å². The van der Waals surface area contributed by atoms with Crippen LogP contribution < -0.4 is 10.6 Å². The minimum absolute atomic E-state index is 0.0746. The van der Waals surface area contributed by atoms with Gasteiger partial charge in [0.15, 0.2) is 5.78 Å². The lowest BCUT2D eigenvalue weighted by atomic mass is 10.1. The van der Waals surface area contributed by atoms with Crippen LogP contribution in [-0.2, 0) is 11.3 Å². The molecule has 1 aliphatic heterocycles. The minimum atomic E-state index is -0.171. The summed E-state index contributed by atoms with van der Waals surface area (Å²) >= 11 is 0. The molecular formula is C21H20N4O3. The fourth-order valence-corrected chi connectivity index (χ4v) is 3.02. The van der Waals surface area contributed by atoms with Crippen LogP contribution in [0.5, 0.6) is 0 Å². The lowest BCUT2D eigenvalue weighted by molar-refractivity contribution is -0.123. The van der Waals surface area contributed by atoms with Crippen molar-refractivity contribution < 1.29 is 14.4 Å². The largest absolute Gasteiger partial charge is 0.380 e. The van der Waals surface area contributed by atoms with E-state index in [1.165, 1.54) is 11.8 Å². The SMILES string of the molecule is CC(=O)c1ccc(C#N)cc1NCc1ccc(C(=O)N2CCNC(=O)C2)cc1. The first kappa shape index (κ1) is 19.1. The first-order valence-corrected chi connectivity index (χ1v) is 8.92. The highest BCUT2D eigenvalue weighted by atomic mass is 16.2. The molecule has 0 radical (unpaired) electrons. The second-order valence-electron chi connectivity index (χ2n) is 6.56. The fraction of sp³-hybridized carbons (Fsp3) is 0.238. The third-order valence-corrected chi connectivity index (χ3v) is 4.54. The van der Waals surface area contributed by atoms with Crippen molar-refractivity contribution in [2.24, 2.45) is 0 Å². The van der Waals surface area contributed by atoms with Gasteiger partial charge in [0.25, 0.3) is 5.91 Å². The van der Waals surface area contributed by atoms with Crippen LogP contribution in [0.3, 0.4) is 0 Å². The number of benzene rings is 2. The second kappa shape index (κ2) is 8.35. The number of nitriles is 1. The number of Topliss-reactive ketones (excluding diaryl/α,β-unsaturated/α-hetero) is 1. The molecule has 7 nitrogen and oxygen atoms in total. The molecule has 7 heteroatoms. The zero-order valence-electron chi connectivity index (χ0n) is 15.5. The molecule has 0 saturated carbocycles. The molecule has 1 fully saturated rings. The number of rotatable bonds is 5. The van der Waals surface area contributed by atoms with Crippen molar-refractivity contribution in [1.29, 1.82) is 5.26 Å². The Balaban J connectivity index is 1.68. The Morgan fingerprint density at radius 2 is 1.96 bits per heavy atom. The zero-order chi connectivity index (χ0) is 20.1. The summed E-state index contributed by atoms with van der Waals surface area (Å²) in [6, 6.07) is 14.1. The van der Waals surface area contributed by atoms with Crippen LogP contribution in [0.15, 0.2) is 42.5 Å². The summed E-state index contributed by atoms with van der Waals surface area (Å²) in [5, 5.41) is 14.9. The van der Waals surface area contributed by atoms with Crippen molar-refractivity contribution in [2.75, 3.05) is 25.0 Å². The van der Waals surface area contributed by atoms with Crippen molar-refractivity contribution in [2.45, 2.75) is 13.5 Å². The molecular weight excluding hydrogens is 356 g/mol. The highest BCUT2D eigenvalue weighted by Gasteiger charge is 2.22. The summed E-state index contributed by atoms with van der Waals surface area (Å²) in [5.41, 5.74) is 3.04. The molecule has 2 amide bonds. The van der Waals surface area contributed by atoms with Crippen molar-refractivity contribution in [1.82, 2.24) is 10.2 Å². The van der Waals surface area contributed by atoms with Gasteiger partial charge in [0.05, 0.1) is 18.2 Å². The maximum absolute atomic E-state index is 12.5. The molecule has 2 aromatic rings. The third-order valence-electron chi connectivity index (χ3n) is 4.54. The van der Waals surface area contributed by atoms with E-state index in [0.717, 1.165) is 5.56 Å². The number of piperazine rings is 1. The summed E-state index contributed by atoms with van der Waals surface area (Å²) < 4.78 is 0. The fourth-order valence-electron chi connectivity index (χ4n) is 3.02. The van der Waals surface area contributed by atoms with E-state index in [1.807, 2.05) is 12.1 Å². The third kappa shape index (κ3) is 4.35. The molecule has 142 valence electrons. The molecule has 3 rings (SSSR count). The van der Waals surface area contributed by atoms with Gasteiger partial charge in [0.1, 0.15) is 0 Å². The van der Waals surface area contributed by atoms with Gasteiger partial charge in [-0.15, -0.1) is 0 Å². The standard InChI is InChI=1S/C21H20N4O3/c1-14(26)18-7-4-16(11-22)10-19(18)24-12-15-2-5-17(6-3-15)21(28)25-9-8-23-20(27)13-25/h2-7,10,24H,8-9,12-13H2,1H3,(H,23,27). The Hall–Kier alpha value is -3.66. The van der Waals surface area contributed by atoms with Crippen LogP contribution in [-0.4, -0.2) is 42.1 Å². The number of nitrogens with one attached hydrogen (secondary N) is 2. The van der Waals surface area contributed by atoms with E-state index < -0.39 is 0 Å². The van der Waals surface area contributed by atoms with Crippen LogP contribution in [0.1, 0.15) is 38.8 Å². The monoisotopic (exact) mass is 376 g/mol. The second-order valence-corrected chi connectivity index (χ2v) is 6.56. The molecule has 1 aliphatic rings. The van der Waals surface area contributed by atoms with Gasteiger partial charge < -0.3 is 15.5 Å². The average molecular weight is 376 g/mol. The van der Waals surface area contributed by atoms with Crippen LogP contribution in [0.2, 0.25) is 0 Å². The Morgan fingerprint density at radius 3 is 2.61 bits per heavy atom. The number of nitrogens with zero attached hydrogens (tertiary/aromatic N) is 2. The topological polar surface area (TPSA) is 102 Å². The number of carbonyl (C=O) groups is 3. The Bertz CT molecular complexity index is 961. The molecule has 1 heterocycles. The maximum atomic E-state index is 12.5. The quantitative estimate of drug-likeness (QED) is 0.777. The molecule has 0 unspecified atom stereocenters. The van der Waals surface area contributed by atoms with Crippen molar-refractivity contribution in [3.8, 4) is 6.07 Å². The Labute approximate surface area is 163 Å². The molecule has 2 aromatic carbocycles. The van der Waals surface area contributed by atoms with Crippen molar-refractivity contribution in [3.05, 3.63) is 64.7 Å². The number of amides is 2. The number of ketones is 1. The number of hydrogen-bond acceptors (Lipinski definition) is 5. The van der Waals surface area contributed by atoms with E-state index in [9.17, 15) is 14.4 Å². The number of hydrogen-bond donors (Lipinski definition) is 2. The van der Waals surface area contributed by atoms with E-state index in [2.05, 4.69) is 16.7 Å². The molecule has 28 heavy (non-hydrogen) atoms. The van der Waals surface area contributed by atoms with Crippen molar-refractivity contribution in [3.63, 3.8) is 0 Å². The van der Waals surface area contributed by atoms with E-state index in [-0.39, 0.29) is 24.1 Å². The molecule has 0 atom stereocenters. The predicted molar refractivity (Wildman–Crippen MR) is 104 cm³/mol. The van der Waals surface area contributed by atoms with E-state index >= 15 is 0 Å². The van der Waals surface area contributed by atoms with Gasteiger partial charge in [-0.2, -0.15) is 5.26 Å². The molecule has 0 bridgehead atoms. The predicted octanol–water partition coefficient (Wildman–Crippen LogP) is 1.94. The first-order chi connectivity index (χ1) is 13.5. The molecule has 0 aliphatic carbocycles. The summed E-state index contributed by atoms with van der Waals surface area (Å²) in [5.74, 6) is -0.408. The van der Waals surface area contributed by atoms with Crippen LogP contribution in [0, 0.1) is 11.3 Å². The van der Waals surface area contributed by atoms with E-state index in [4.69, 9.17) is 5.26 Å². The summed E-state index contributed by atoms with van der Waals surface area (Å²) in [7, 11) is 0. The number of anilines is 1. The van der Waals surface area contributed by atoms with Crippen LogP contribution in [0.4, 0.5) is 5.69 Å². The molecule has 0 spiro atoms. The minimum Gasteiger partial charge on any atom is -0.380 e. The molecule has 1 saturated heterocycles. The lowest BCUT2D eigenvalue weighted by Gasteiger charge is -2.26. The first-order valence-electron chi connectivity index (χ1n) is 8.92. The van der Waals surface area contributed by atoms with Crippen LogP contribution >= 0.6 is 0 Å². The van der Waals surface area contributed by atoms with Gasteiger partial charge in [-0.05, 0) is 42.8 Å². The normalized spacial score (nSPS) is 13.4. The molecule has 2 N–H and O–H groups in total. The Kier molecular flexibility index (Phi) is 5.70. The summed E-state index contributed by atoms with van der Waals surface area (Å²) in [6.45, 7) is 2.96. The van der Waals surface area contributed by atoms with E-state index in [1.54, 1.807) is 30.3 Å². The smallest absolute Gasteiger partial charge is 0.254 e. The Morgan fingerprint density at radius 1 is 1.21 bits per heavy atom. The highest BCUT2D eigenvalue weighted by molar-refractivity contribution is 6.00. The van der Waals surface area contributed by atoms with Gasteiger partial charge in [0.2, 0.25) is 5.91 Å². The summed E-state index contributed by atoms with van der Waals surface area (Å²) in [4.78, 5) is 37.2. The van der Waals surface area contributed by atoms with Gasteiger partial charge >= 0.3 is 0 Å². The van der Waals surface area contributed by atoms with E-state index in [0.29, 0.717) is 42.0 Å². The maximum Gasteiger partial charge on any atom is 0.254 e. The van der Waals surface area contributed by atoms with Gasteiger partial charge in [-0.3, -0.25) is 14.4 Å². The zero-order valence-corrected chi connectivity index (χ0v) is 15.5. The molecule has 0 aromatic heterocycles. The van der Waals surface area contributed by atoms with Gasteiger partial charge in [0, 0.05) is 36.4 Å². The highest BCUT2D eigenvalue weighted by Crippen LogP contribution is 2.19. The average Bonchev–Trinajstić information content (AvgIpc) is 2.71. The lowest BCUT2D eigenvalue weighted by Crippen LogP contribution is -2.49. The summed E-state index contributed by atoms with van der Waals surface area (Å²) in [6.07, 6.45) is 0. The van der Waals surface area contributed by atoms with Crippen LogP contribution in [0.25, 0.3) is 0 Å². The van der Waals surface area contributed by atoms with Gasteiger partial charge in [-0.25, -0.2) is 0 Å². The number of carbonyl (C=O) groups excluding carboxylic acids is 3. The van der Waals surface area contributed by atoms with Crippen molar-refractivity contribution >= 4 is 23.3 Å².